The molecule has 3 rings (SSSR count). The normalized spacial score (nSPS) is 14.7. The Labute approximate surface area is 139 Å². The molecule has 0 aromatic heterocycles. The second-order valence-corrected chi connectivity index (χ2v) is 6.50. The summed E-state index contributed by atoms with van der Waals surface area (Å²) in [4.78, 5) is 24.0. The maximum absolute atomic E-state index is 12.0. The van der Waals surface area contributed by atoms with E-state index in [1.807, 2.05) is 0 Å². The van der Waals surface area contributed by atoms with E-state index in [4.69, 9.17) is 14.8 Å². The minimum absolute atomic E-state index is 0.142. The molecule has 22 heavy (non-hydrogen) atoms. The van der Waals surface area contributed by atoms with Gasteiger partial charge in [0.05, 0.1) is 0 Å². The summed E-state index contributed by atoms with van der Waals surface area (Å²) in [5.74, 6) is -0.387. The van der Waals surface area contributed by atoms with Crippen molar-refractivity contribution in [1.29, 1.82) is 0 Å². The molecule has 1 aliphatic rings. The van der Waals surface area contributed by atoms with Gasteiger partial charge in [-0.15, -0.1) is 0 Å². The third kappa shape index (κ3) is 3.21. The Balaban J connectivity index is 1.90. The zero-order valence-electron chi connectivity index (χ0n) is 11.3. The fourth-order valence-electron chi connectivity index (χ4n) is 1.89. The first-order valence-electron chi connectivity index (χ1n) is 6.37. The van der Waals surface area contributed by atoms with Crippen LogP contribution >= 0.6 is 0 Å². The van der Waals surface area contributed by atoms with Gasteiger partial charge in [0.2, 0.25) is 0 Å². The van der Waals surface area contributed by atoms with Gasteiger partial charge in [-0.25, -0.2) is 0 Å². The van der Waals surface area contributed by atoms with E-state index in [1.54, 1.807) is 48.5 Å². The molecule has 6 nitrogen and oxygen atoms in total. The molecule has 0 unspecified atom stereocenters. The topological polar surface area (TPSA) is 71.1 Å². The molecule has 0 bridgehead atoms. The standard InChI is InChI=1S/C15H12O6.Pb/c16-14(17)10-5-1-3-7-12(10)20-9-21-13-8-4-2-6-11(13)15(18)19;/h1-8H,9H2,(H,16,17)(H,18,19);/q;+2/p-2. The van der Waals surface area contributed by atoms with Crippen LogP contribution in [0.3, 0.4) is 0 Å². The molecule has 1 aliphatic heterocycles. The Morgan fingerprint density at radius 2 is 1.18 bits per heavy atom. The van der Waals surface area contributed by atoms with Crippen molar-refractivity contribution < 1.29 is 24.4 Å². The van der Waals surface area contributed by atoms with Crippen LogP contribution in [0.15, 0.2) is 48.5 Å². The minimum atomic E-state index is -2.32. The van der Waals surface area contributed by atoms with Crippen LogP contribution in [0.1, 0.15) is 20.7 Å². The SMILES string of the molecule is O=C1[O][Pb][O]C(=O)c2ccccc2OCOc2ccccc21. The molecule has 0 spiro atoms. The van der Waals surface area contributed by atoms with Gasteiger partial charge in [-0.1, -0.05) is 0 Å². The molecule has 0 N–H and O–H groups in total. The second-order valence-electron chi connectivity index (χ2n) is 4.26. The van der Waals surface area contributed by atoms with Crippen LogP contribution < -0.4 is 9.47 Å². The van der Waals surface area contributed by atoms with Crippen LogP contribution in [0, 0.1) is 0 Å². The first-order chi connectivity index (χ1) is 10.8. The number of hydrogen-bond acceptors (Lipinski definition) is 6. The van der Waals surface area contributed by atoms with Crippen molar-refractivity contribution in [2.24, 2.45) is 0 Å². The Kier molecular flexibility index (Phi) is 4.56. The molecule has 110 valence electrons. The Morgan fingerprint density at radius 3 is 1.68 bits per heavy atom. The summed E-state index contributed by atoms with van der Waals surface area (Å²) in [5.41, 5.74) is 0.562. The van der Waals surface area contributed by atoms with Gasteiger partial charge in [0.25, 0.3) is 0 Å². The Morgan fingerprint density at radius 1 is 0.727 bits per heavy atom. The van der Waals surface area contributed by atoms with E-state index < -0.39 is 37.1 Å². The molecule has 1 heterocycles. The molecule has 7 heteroatoms. The van der Waals surface area contributed by atoms with Crippen LogP contribution in [0.5, 0.6) is 11.5 Å². The third-order valence-corrected chi connectivity index (χ3v) is 5.00. The van der Waals surface area contributed by atoms with E-state index in [0.717, 1.165) is 0 Å². The van der Waals surface area contributed by atoms with Crippen molar-refractivity contribution in [1.82, 2.24) is 0 Å². The summed E-state index contributed by atoms with van der Waals surface area (Å²) in [6, 6.07) is 13.4. The fourth-order valence-corrected chi connectivity index (χ4v) is 3.49. The first kappa shape index (κ1) is 14.8. The van der Waals surface area contributed by atoms with Crippen LogP contribution in [-0.2, 0) is 5.37 Å². The number of hydrogen-bond donors (Lipinski definition) is 0. The van der Waals surface area contributed by atoms with E-state index in [1.165, 1.54) is 0 Å². The predicted octanol–water partition coefficient (Wildman–Crippen LogP) is 1.96. The summed E-state index contributed by atoms with van der Waals surface area (Å²) < 4.78 is 21.2. The predicted molar refractivity (Wildman–Crippen MR) is 75.6 cm³/mol. The molecule has 0 atom stereocenters. The van der Waals surface area contributed by atoms with E-state index in [0.29, 0.717) is 11.5 Å². The van der Waals surface area contributed by atoms with E-state index in [9.17, 15) is 9.59 Å². The number of carbonyl (C=O) groups is 2. The number of fused-ring (bicyclic) bond motifs is 2. The van der Waals surface area contributed by atoms with Gasteiger partial charge in [-0.2, -0.15) is 0 Å². The third-order valence-electron chi connectivity index (χ3n) is 2.91. The van der Waals surface area contributed by atoms with E-state index in [2.05, 4.69) is 0 Å². The average molecular weight is 493 g/mol. The second kappa shape index (κ2) is 6.78. The molecular weight excluding hydrogens is 483 g/mol. The number of benzene rings is 2. The van der Waals surface area contributed by atoms with Crippen LogP contribution in [0.25, 0.3) is 0 Å². The molecule has 0 saturated carbocycles. The zero-order valence-corrected chi connectivity index (χ0v) is 15.2. The maximum atomic E-state index is 12.0. The van der Waals surface area contributed by atoms with Crippen LogP contribution in [-0.4, -0.2) is 43.9 Å². The molecule has 0 saturated heterocycles. The van der Waals surface area contributed by atoms with Crippen molar-refractivity contribution >= 4 is 37.1 Å². The molecule has 2 aromatic carbocycles. The Hall–Kier alpha value is -2.10. The molecule has 0 fully saturated rings. The first-order valence-corrected chi connectivity index (χ1v) is 9.54. The van der Waals surface area contributed by atoms with Crippen molar-refractivity contribution in [2.45, 2.75) is 0 Å². The van der Waals surface area contributed by atoms with Gasteiger partial charge in [0, 0.05) is 0 Å². The molecular formula is C15H10O6Pb. The van der Waals surface area contributed by atoms with Crippen molar-refractivity contribution in [3.63, 3.8) is 0 Å². The van der Waals surface area contributed by atoms with Gasteiger partial charge in [-0.05, 0) is 0 Å². The summed E-state index contributed by atoms with van der Waals surface area (Å²) >= 11 is -2.32. The fraction of sp³-hybridized carbons (Fsp3) is 0.0667. The van der Waals surface area contributed by atoms with Crippen LogP contribution in [0.4, 0.5) is 0 Å². The van der Waals surface area contributed by atoms with E-state index >= 15 is 0 Å². The Bertz CT molecular complexity index is 655. The number of rotatable bonds is 0. The van der Waals surface area contributed by atoms with Crippen molar-refractivity contribution in [2.75, 3.05) is 6.79 Å². The molecule has 2 aromatic rings. The summed E-state index contributed by atoms with van der Waals surface area (Å²) in [5, 5.41) is 0. The monoisotopic (exact) mass is 494 g/mol. The summed E-state index contributed by atoms with van der Waals surface area (Å²) in [7, 11) is 0. The van der Waals surface area contributed by atoms with Gasteiger partial charge >= 0.3 is 139 Å². The quantitative estimate of drug-likeness (QED) is 0.523. The zero-order chi connectivity index (χ0) is 15.4. The van der Waals surface area contributed by atoms with Crippen LogP contribution in [0.2, 0.25) is 0 Å². The number of para-hydroxylation sites is 2. The molecule has 0 amide bonds. The van der Waals surface area contributed by atoms with Gasteiger partial charge in [-0.3, -0.25) is 0 Å². The van der Waals surface area contributed by atoms with Gasteiger partial charge in [0.15, 0.2) is 0 Å². The van der Waals surface area contributed by atoms with Gasteiger partial charge in [0.1, 0.15) is 0 Å². The van der Waals surface area contributed by atoms with Gasteiger partial charge < -0.3 is 0 Å². The van der Waals surface area contributed by atoms with Crippen molar-refractivity contribution in [3.8, 4) is 11.5 Å². The van der Waals surface area contributed by atoms with Crippen molar-refractivity contribution in [3.05, 3.63) is 59.7 Å². The summed E-state index contributed by atoms with van der Waals surface area (Å²) in [6.45, 7) is -0.142. The molecule has 0 aliphatic carbocycles. The molecule has 2 radical (unpaired) electrons. The average Bonchev–Trinajstić information content (AvgIpc) is 2.54. The van der Waals surface area contributed by atoms with E-state index in [-0.39, 0.29) is 17.9 Å². The number of ether oxygens (including phenoxy) is 2. The summed E-state index contributed by atoms with van der Waals surface area (Å²) in [6.07, 6.45) is 0. The number of carbonyl (C=O) groups excluding carboxylic acids is 2.